The quantitative estimate of drug-likeness (QED) is 0.196. The summed E-state index contributed by atoms with van der Waals surface area (Å²) in [6.07, 6.45) is 0. The molecule has 1 aliphatic carbocycles. The molecular formula is C43H31NS. The minimum Gasteiger partial charge on any atom is -0.309 e. The van der Waals surface area contributed by atoms with E-state index in [1.807, 2.05) is 11.3 Å². The summed E-state index contributed by atoms with van der Waals surface area (Å²) in [7, 11) is 0. The molecule has 214 valence electrons. The van der Waals surface area contributed by atoms with Crippen molar-refractivity contribution in [1.82, 2.24) is 0 Å². The van der Waals surface area contributed by atoms with Crippen LogP contribution in [0.1, 0.15) is 25.0 Å². The van der Waals surface area contributed by atoms with Gasteiger partial charge in [-0.2, -0.15) is 0 Å². The topological polar surface area (TPSA) is 3.24 Å². The summed E-state index contributed by atoms with van der Waals surface area (Å²) in [6, 6.07) is 55.9. The van der Waals surface area contributed by atoms with Crippen LogP contribution in [0.2, 0.25) is 0 Å². The standard InChI is InChI=1S/C43H31NS/c1-43(2)38-18-10-8-16-34(38)35-23-22-33(27-39(35)43)44(32-14-4-3-5-15-32)40-26-31(30-21-20-28-12-6-7-13-29(28)24-30)25-37-36-17-9-11-19-41(36)45-42(37)40/h3-27H,1-2H3. The highest BCUT2D eigenvalue weighted by molar-refractivity contribution is 7.26. The molecule has 0 radical (unpaired) electrons. The normalized spacial score (nSPS) is 13.3. The minimum atomic E-state index is -0.0792. The molecule has 0 bridgehead atoms. The van der Waals surface area contributed by atoms with Crippen LogP contribution in [-0.2, 0) is 5.41 Å². The molecule has 45 heavy (non-hydrogen) atoms. The molecule has 2 heteroatoms. The average Bonchev–Trinajstić information content (AvgIpc) is 3.57. The first kappa shape index (κ1) is 26.2. The molecule has 0 atom stereocenters. The number of benzene rings is 7. The first-order valence-corrected chi connectivity index (χ1v) is 16.4. The van der Waals surface area contributed by atoms with Gasteiger partial charge in [-0.15, -0.1) is 11.3 Å². The third kappa shape index (κ3) is 4.06. The van der Waals surface area contributed by atoms with Crippen LogP contribution in [0.3, 0.4) is 0 Å². The van der Waals surface area contributed by atoms with Crippen LogP contribution in [0.4, 0.5) is 17.1 Å². The van der Waals surface area contributed by atoms with Crippen molar-refractivity contribution in [3.8, 4) is 22.3 Å². The van der Waals surface area contributed by atoms with E-state index in [1.165, 1.54) is 75.7 Å². The molecule has 1 heterocycles. The Morgan fingerprint density at radius 1 is 0.489 bits per heavy atom. The van der Waals surface area contributed by atoms with Gasteiger partial charge in [-0.05, 0) is 92.7 Å². The summed E-state index contributed by atoms with van der Waals surface area (Å²) < 4.78 is 2.61. The lowest BCUT2D eigenvalue weighted by atomic mass is 9.82. The highest BCUT2D eigenvalue weighted by Gasteiger charge is 2.36. The van der Waals surface area contributed by atoms with E-state index in [0.717, 1.165) is 5.69 Å². The monoisotopic (exact) mass is 593 g/mol. The Labute approximate surface area is 267 Å². The number of hydrogen-bond donors (Lipinski definition) is 0. The van der Waals surface area contributed by atoms with Gasteiger partial charge in [0.05, 0.1) is 10.4 Å². The van der Waals surface area contributed by atoms with Gasteiger partial charge in [-0.25, -0.2) is 0 Å². The fraction of sp³-hybridized carbons (Fsp3) is 0.0698. The van der Waals surface area contributed by atoms with Crippen molar-refractivity contribution >= 4 is 59.3 Å². The van der Waals surface area contributed by atoms with Crippen LogP contribution >= 0.6 is 11.3 Å². The van der Waals surface area contributed by atoms with Gasteiger partial charge >= 0.3 is 0 Å². The third-order valence-corrected chi connectivity index (χ3v) is 10.8. The number of fused-ring (bicyclic) bond motifs is 7. The third-order valence-electron chi connectivity index (χ3n) is 9.62. The molecule has 0 spiro atoms. The van der Waals surface area contributed by atoms with Crippen LogP contribution in [0, 0.1) is 0 Å². The number of rotatable bonds is 4. The van der Waals surface area contributed by atoms with Gasteiger partial charge in [-0.1, -0.05) is 117 Å². The molecule has 0 amide bonds. The van der Waals surface area contributed by atoms with Gasteiger partial charge in [0.1, 0.15) is 0 Å². The van der Waals surface area contributed by atoms with Gasteiger partial charge in [0.15, 0.2) is 0 Å². The minimum absolute atomic E-state index is 0.0792. The SMILES string of the molecule is CC1(C)c2ccccc2-c2ccc(N(c3ccccc3)c3cc(-c4ccc5ccccc5c4)cc4c3sc3ccccc34)cc21. The maximum atomic E-state index is 2.47. The molecule has 0 saturated heterocycles. The van der Waals surface area contributed by atoms with E-state index >= 15 is 0 Å². The predicted molar refractivity (Wildman–Crippen MR) is 195 cm³/mol. The number of hydrogen-bond acceptors (Lipinski definition) is 2. The van der Waals surface area contributed by atoms with Crippen LogP contribution in [-0.4, -0.2) is 0 Å². The van der Waals surface area contributed by atoms with E-state index in [1.54, 1.807) is 0 Å². The summed E-state index contributed by atoms with van der Waals surface area (Å²) in [4.78, 5) is 2.47. The van der Waals surface area contributed by atoms with Crippen LogP contribution in [0.5, 0.6) is 0 Å². The number of anilines is 3. The lowest BCUT2D eigenvalue weighted by Crippen LogP contribution is -2.16. The molecular weight excluding hydrogens is 563 g/mol. The predicted octanol–water partition coefficient (Wildman–Crippen LogP) is 12.7. The molecule has 1 nitrogen and oxygen atoms in total. The first-order valence-electron chi connectivity index (χ1n) is 15.6. The summed E-state index contributed by atoms with van der Waals surface area (Å²) in [6.45, 7) is 4.72. The summed E-state index contributed by atoms with van der Waals surface area (Å²) >= 11 is 1.89. The zero-order valence-corrected chi connectivity index (χ0v) is 26.1. The number of para-hydroxylation sites is 1. The molecule has 1 aromatic heterocycles. The molecule has 8 aromatic rings. The Kier molecular flexibility index (Phi) is 5.78. The van der Waals surface area contributed by atoms with Crippen molar-refractivity contribution in [2.45, 2.75) is 19.3 Å². The molecule has 9 rings (SSSR count). The second-order valence-corrected chi connectivity index (χ2v) is 13.7. The van der Waals surface area contributed by atoms with Gasteiger partial charge in [0, 0.05) is 32.3 Å². The van der Waals surface area contributed by atoms with Gasteiger partial charge in [0.2, 0.25) is 0 Å². The van der Waals surface area contributed by atoms with E-state index < -0.39 is 0 Å². The lowest BCUT2D eigenvalue weighted by Gasteiger charge is -2.29. The Hall–Kier alpha value is -5.18. The average molecular weight is 594 g/mol. The fourth-order valence-corrected chi connectivity index (χ4v) is 8.53. The second kappa shape index (κ2) is 9.92. The summed E-state index contributed by atoms with van der Waals surface area (Å²) in [5, 5.41) is 5.12. The van der Waals surface area contributed by atoms with Crippen molar-refractivity contribution in [1.29, 1.82) is 0 Å². The van der Waals surface area contributed by atoms with Crippen molar-refractivity contribution in [2.75, 3.05) is 4.90 Å². The van der Waals surface area contributed by atoms with E-state index in [-0.39, 0.29) is 5.41 Å². The van der Waals surface area contributed by atoms with Crippen molar-refractivity contribution in [3.05, 3.63) is 163 Å². The molecule has 0 aliphatic heterocycles. The van der Waals surface area contributed by atoms with E-state index in [9.17, 15) is 0 Å². The second-order valence-electron chi connectivity index (χ2n) is 12.6. The van der Waals surface area contributed by atoms with E-state index in [0.29, 0.717) is 0 Å². The Morgan fingerprint density at radius 2 is 1.22 bits per heavy atom. The fourth-order valence-electron chi connectivity index (χ4n) is 7.35. The Morgan fingerprint density at radius 3 is 2.11 bits per heavy atom. The zero-order valence-electron chi connectivity index (χ0n) is 25.3. The van der Waals surface area contributed by atoms with Crippen LogP contribution in [0.25, 0.3) is 53.2 Å². The maximum Gasteiger partial charge on any atom is 0.0646 e. The maximum absolute atomic E-state index is 2.47. The van der Waals surface area contributed by atoms with Crippen molar-refractivity contribution < 1.29 is 0 Å². The smallest absolute Gasteiger partial charge is 0.0646 e. The van der Waals surface area contributed by atoms with Gasteiger partial charge in [0.25, 0.3) is 0 Å². The zero-order chi connectivity index (χ0) is 30.1. The molecule has 0 saturated carbocycles. The van der Waals surface area contributed by atoms with E-state index in [4.69, 9.17) is 0 Å². The Balaban J connectivity index is 1.33. The first-order chi connectivity index (χ1) is 22.1. The van der Waals surface area contributed by atoms with Crippen molar-refractivity contribution in [3.63, 3.8) is 0 Å². The molecule has 0 unspecified atom stereocenters. The van der Waals surface area contributed by atoms with Crippen LogP contribution < -0.4 is 4.90 Å². The number of thiophene rings is 1. The van der Waals surface area contributed by atoms with Gasteiger partial charge in [-0.3, -0.25) is 0 Å². The molecule has 0 N–H and O–H groups in total. The molecule has 0 fully saturated rings. The van der Waals surface area contributed by atoms with E-state index in [2.05, 4.69) is 170 Å². The lowest BCUT2D eigenvalue weighted by molar-refractivity contribution is 0.660. The Bertz CT molecular complexity index is 2410. The highest BCUT2D eigenvalue weighted by Crippen LogP contribution is 2.52. The largest absolute Gasteiger partial charge is 0.309 e. The number of nitrogens with zero attached hydrogens (tertiary/aromatic N) is 1. The summed E-state index contributed by atoms with van der Waals surface area (Å²) in [5.74, 6) is 0. The van der Waals surface area contributed by atoms with Crippen molar-refractivity contribution in [2.24, 2.45) is 0 Å². The van der Waals surface area contributed by atoms with Gasteiger partial charge < -0.3 is 4.90 Å². The van der Waals surface area contributed by atoms with Crippen LogP contribution in [0.15, 0.2) is 152 Å². The highest BCUT2D eigenvalue weighted by atomic mass is 32.1. The summed E-state index contributed by atoms with van der Waals surface area (Å²) in [5.41, 5.74) is 11.4. The molecule has 7 aromatic carbocycles. The molecule has 1 aliphatic rings.